The molecule has 0 spiro atoms. The molecule has 0 N–H and O–H groups in total. The number of aryl methyl sites for hydroxylation is 1. The smallest absolute Gasteiger partial charge is 0.267 e. The van der Waals surface area contributed by atoms with Crippen LogP contribution in [0.2, 0.25) is 0 Å². The van der Waals surface area contributed by atoms with Crippen molar-refractivity contribution in [2.24, 2.45) is 0 Å². The Kier molecular flexibility index (Phi) is 3.25. The fraction of sp³-hybridized carbons (Fsp3) is 0.333. The van der Waals surface area contributed by atoms with E-state index in [0.29, 0.717) is 12.4 Å². The first-order chi connectivity index (χ1) is 6.13. The zero-order valence-electron chi connectivity index (χ0n) is 7.46. The van der Waals surface area contributed by atoms with E-state index in [1.54, 1.807) is 6.20 Å². The summed E-state index contributed by atoms with van der Waals surface area (Å²) in [7, 11) is 0. The molecule has 4 heteroatoms. The van der Waals surface area contributed by atoms with E-state index in [0.717, 1.165) is 11.1 Å². The highest BCUT2D eigenvalue weighted by atomic mass is 35.5. The summed E-state index contributed by atoms with van der Waals surface area (Å²) in [5, 5.41) is 3.95. The summed E-state index contributed by atoms with van der Waals surface area (Å²) < 4.78 is 1.34. The molecular formula is C9H11ClN2O. The van der Waals surface area contributed by atoms with E-state index in [1.807, 2.05) is 6.92 Å². The quantitative estimate of drug-likeness (QED) is 0.543. The van der Waals surface area contributed by atoms with Gasteiger partial charge in [-0.1, -0.05) is 6.58 Å². The molecule has 0 radical (unpaired) electrons. The summed E-state index contributed by atoms with van der Waals surface area (Å²) in [6.07, 6.45) is 1.64. The van der Waals surface area contributed by atoms with Gasteiger partial charge in [-0.2, -0.15) is 5.10 Å². The Morgan fingerprint density at radius 3 is 3.00 bits per heavy atom. The summed E-state index contributed by atoms with van der Waals surface area (Å²) in [6, 6.07) is 1.54. The first-order valence-corrected chi connectivity index (χ1v) is 4.43. The summed E-state index contributed by atoms with van der Waals surface area (Å²) in [4.78, 5) is 11.3. The summed E-state index contributed by atoms with van der Waals surface area (Å²) in [5.74, 6) is 0.349. The van der Waals surface area contributed by atoms with Crippen LogP contribution < -0.4 is 5.56 Å². The molecular weight excluding hydrogens is 188 g/mol. The standard InChI is InChI=1S/C9H11ClN2O/c1-7-3-9(13)12(11-5-7)6-8(2)4-10/h3,5H,2,4,6H2,1H3. The van der Waals surface area contributed by atoms with Gasteiger partial charge in [0.1, 0.15) is 0 Å². The second-order valence-electron chi connectivity index (χ2n) is 2.91. The second-order valence-corrected chi connectivity index (χ2v) is 3.18. The number of allylic oxidation sites excluding steroid dienone is 1. The number of aromatic nitrogens is 2. The van der Waals surface area contributed by atoms with Gasteiger partial charge in [0.05, 0.1) is 12.7 Å². The number of halogens is 1. The molecule has 0 unspecified atom stereocenters. The SMILES string of the molecule is C=C(CCl)Cn1ncc(C)cc1=O. The van der Waals surface area contributed by atoms with Crippen LogP contribution in [0.4, 0.5) is 0 Å². The highest BCUT2D eigenvalue weighted by Gasteiger charge is 1.98. The Bertz CT molecular complexity index is 370. The van der Waals surface area contributed by atoms with Crippen LogP contribution in [-0.2, 0) is 6.54 Å². The van der Waals surface area contributed by atoms with Crippen molar-refractivity contribution in [3.63, 3.8) is 0 Å². The van der Waals surface area contributed by atoms with Gasteiger partial charge < -0.3 is 0 Å². The van der Waals surface area contributed by atoms with E-state index in [1.165, 1.54) is 10.7 Å². The number of nitrogens with zero attached hydrogens (tertiary/aromatic N) is 2. The van der Waals surface area contributed by atoms with Crippen LogP contribution in [-0.4, -0.2) is 15.7 Å². The molecule has 0 fully saturated rings. The van der Waals surface area contributed by atoms with Crippen LogP contribution in [0.15, 0.2) is 29.2 Å². The molecule has 0 aliphatic heterocycles. The van der Waals surface area contributed by atoms with Crippen LogP contribution in [0.25, 0.3) is 0 Å². The molecule has 13 heavy (non-hydrogen) atoms. The van der Waals surface area contributed by atoms with Gasteiger partial charge in [-0.05, 0) is 18.1 Å². The van der Waals surface area contributed by atoms with Crippen molar-refractivity contribution in [2.45, 2.75) is 13.5 Å². The highest BCUT2D eigenvalue weighted by Crippen LogP contribution is 1.96. The molecule has 70 valence electrons. The van der Waals surface area contributed by atoms with E-state index in [4.69, 9.17) is 11.6 Å². The number of rotatable bonds is 3. The van der Waals surface area contributed by atoms with E-state index in [-0.39, 0.29) is 5.56 Å². The second kappa shape index (κ2) is 4.23. The number of hydrogen-bond acceptors (Lipinski definition) is 2. The van der Waals surface area contributed by atoms with Gasteiger partial charge in [0.15, 0.2) is 0 Å². The van der Waals surface area contributed by atoms with Gasteiger partial charge in [-0.15, -0.1) is 11.6 Å². The lowest BCUT2D eigenvalue weighted by molar-refractivity contribution is 0.630. The predicted molar refractivity (Wildman–Crippen MR) is 53.1 cm³/mol. The van der Waals surface area contributed by atoms with Gasteiger partial charge in [-0.3, -0.25) is 4.79 Å². The van der Waals surface area contributed by atoms with Gasteiger partial charge >= 0.3 is 0 Å². The Morgan fingerprint density at radius 2 is 2.46 bits per heavy atom. The first-order valence-electron chi connectivity index (χ1n) is 3.90. The van der Waals surface area contributed by atoms with Crippen molar-refractivity contribution in [3.05, 3.63) is 40.3 Å². The molecule has 3 nitrogen and oxygen atoms in total. The molecule has 0 atom stereocenters. The van der Waals surface area contributed by atoms with Crippen molar-refractivity contribution in [3.8, 4) is 0 Å². The predicted octanol–water partition coefficient (Wildman–Crippen LogP) is 1.35. The minimum atomic E-state index is -0.119. The first kappa shape index (κ1) is 9.99. The highest BCUT2D eigenvalue weighted by molar-refractivity contribution is 6.19. The average molecular weight is 199 g/mol. The zero-order chi connectivity index (χ0) is 9.84. The largest absolute Gasteiger partial charge is 0.268 e. The number of alkyl halides is 1. The van der Waals surface area contributed by atoms with Gasteiger partial charge in [0.2, 0.25) is 0 Å². The monoisotopic (exact) mass is 198 g/mol. The molecule has 1 aromatic heterocycles. The maximum Gasteiger partial charge on any atom is 0.267 e. The van der Waals surface area contributed by atoms with E-state index in [9.17, 15) is 4.79 Å². The summed E-state index contributed by atoms with van der Waals surface area (Å²) in [5.41, 5.74) is 1.52. The van der Waals surface area contributed by atoms with Crippen LogP contribution in [0.5, 0.6) is 0 Å². The third-order valence-corrected chi connectivity index (χ3v) is 1.95. The molecule has 0 aliphatic rings. The molecule has 0 saturated heterocycles. The molecule has 0 aromatic carbocycles. The fourth-order valence-corrected chi connectivity index (χ4v) is 0.982. The van der Waals surface area contributed by atoms with Crippen molar-refractivity contribution in [2.75, 3.05) is 5.88 Å². The Labute approximate surface area is 81.6 Å². The van der Waals surface area contributed by atoms with Crippen LogP contribution in [0, 0.1) is 6.92 Å². The van der Waals surface area contributed by atoms with E-state index < -0.39 is 0 Å². The molecule has 1 aromatic rings. The van der Waals surface area contributed by atoms with E-state index >= 15 is 0 Å². The Hall–Kier alpha value is -1.09. The maximum atomic E-state index is 11.3. The molecule has 1 heterocycles. The van der Waals surface area contributed by atoms with Gasteiger partial charge in [-0.25, -0.2) is 4.68 Å². The van der Waals surface area contributed by atoms with E-state index in [2.05, 4.69) is 11.7 Å². The average Bonchev–Trinajstić information content (AvgIpc) is 2.09. The van der Waals surface area contributed by atoms with Crippen molar-refractivity contribution in [1.82, 2.24) is 9.78 Å². The summed E-state index contributed by atoms with van der Waals surface area (Å²) >= 11 is 5.54. The Morgan fingerprint density at radius 1 is 1.77 bits per heavy atom. The topological polar surface area (TPSA) is 34.9 Å². The van der Waals surface area contributed by atoms with Crippen molar-refractivity contribution >= 4 is 11.6 Å². The third-order valence-electron chi connectivity index (χ3n) is 1.57. The maximum absolute atomic E-state index is 11.3. The third kappa shape index (κ3) is 2.70. The van der Waals surface area contributed by atoms with Crippen molar-refractivity contribution in [1.29, 1.82) is 0 Å². The molecule has 0 saturated carbocycles. The van der Waals surface area contributed by atoms with Crippen LogP contribution in [0.1, 0.15) is 5.56 Å². The van der Waals surface area contributed by atoms with Crippen LogP contribution >= 0.6 is 11.6 Å². The summed E-state index contributed by atoms with van der Waals surface area (Å²) in [6.45, 7) is 5.92. The van der Waals surface area contributed by atoms with Crippen molar-refractivity contribution < 1.29 is 0 Å². The van der Waals surface area contributed by atoms with Crippen LogP contribution in [0.3, 0.4) is 0 Å². The molecule has 0 aliphatic carbocycles. The lowest BCUT2D eigenvalue weighted by atomic mass is 10.3. The fourth-order valence-electron chi connectivity index (χ4n) is 0.897. The minimum Gasteiger partial charge on any atom is -0.268 e. The molecule has 0 amide bonds. The van der Waals surface area contributed by atoms with Gasteiger partial charge in [0.25, 0.3) is 5.56 Å². The molecule has 0 bridgehead atoms. The Balaban J connectivity index is 2.90. The zero-order valence-corrected chi connectivity index (χ0v) is 8.21. The normalized spacial score (nSPS) is 10.0. The lowest BCUT2D eigenvalue weighted by Crippen LogP contribution is -2.23. The molecule has 1 rings (SSSR count). The number of hydrogen-bond donors (Lipinski definition) is 0. The lowest BCUT2D eigenvalue weighted by Gasteiger charge is -2.04. The minimum absolute atomic E-state index is 0.119. The van der Waals surface area contributed by atoms with Gasteiger partial charge in [0, 0.05) is 11.9 Å².